The van der Waals surface area contributed by atoms with Gasteiger partial charge in [-0.3, -0.25) is 9.59 Å². The molecule has 2 N–H and O–H groups in total. The monoisotopic (exact) mass is 295 g/mol. The van der Waals surface area contributed by atoms with Crippen molar-refractivity contribution in [1.29, 1.82) is 0 Å². The molecule has 110 valence electrons. The van der Waals surface area contributed by atoms with Gasteiger partial charge >= 0.3 is 5.97 Å². The minimum Gasteiger partial charge on any atom is -0.480 e. The number of hydrogen-bond acceptors (Lipinski definition) is 3. The number of thioether (sulfide) groups is 1. The molecule has 0 bridgehead atoms. The molecule has 1 aromatic rings. The lowest BCUT2D eigenvalue weighted by atomic mass is 10.1. The lowest BCUT2D eigenvalue weighted by molar-refractivity contribution is -0.138. The number of carboxylic acids is 1. The molecule has 1 amide bonds. The molecule has 0 saturated carbocycles. The number of anilines is 1. The summed E-state index contributed by atoms with van der Waals surface area (Å²) < 4.78 is -0.988. The predicted octanol–water partition coefficient (Wildman–Crippen LogP) is 3.23. The Bertz CT molecular complexity index is 526. The van der Waals surface area contributed by atoms with Gasteiger partial charge in [0.1, 0.15) is 4.75 Å². The quantitative estimate of drug-likeness (QED) is 0.875. The molecule has 0 saturated heterocycles. The van der Waals surface area contributed by atoms with Crippen molar-refractivity contribution in [2.24, 2.45) is 0 Å². The fraction of sp³-hybridized carbons (Fsp3) is 0.467. The zero-order chi connectivity index (χ0) is 15.5. The highest BCUT2D eigenvalue weighted by Crippen LogP contribution is 2.30. The molecule has 0 aliphatic heterocycles. The van der Waals surface area contributed by atoms with Crippen LogP contribution in [0.4, 0.5) is 5.69 Å². The van der Waals surface area contributed by atoms with Crippen LogP contribution >= 0.6 is 11.8 Å². The summed E-state index contributed by atoms with van der Waals surface area (Å²) in [5.41, 5.74) is 2.90. The van der Waals surface area contributed by atoms with Crippen LogP contribution in [0.5, 0.6) is 0 Å². The van der Waals surface area contributed by atoms with Crippen LogP contribution in [0, 0.1) is 13.8 Å². The van der Waals surface area contributed by atoms with E-state index in [-0.39, 0.29) is 5.91 Å². The van der Waals surface area contributed by atoms with E-state index in [4.69, 9.17) is 5.11 Å². The van der Waals surface area contributed by atoms with Crippen LogP contribution in [0.3, 0.4) is 0 Å². The molecule has 0 heterocycles. The normalized spacial score (nSPS) is 12.8. The van der Waals surface area contributed by atoms with Gasteiger partial charge in [0.05, 0.1) is 5.25 Å². The summed E-state index contributed by atoms with van der Waals surface area (Å²) in [6, 6.07) is 5.72. The molecule has 20 heavy (non-hydrogen) atoms. The lowest BCUT2D eigenvalue weighted by Gasteiger charge is -2.23. The van der Waals surface area contributed by atoms with E-state index >= 15 is 0 Å². The molecular weight excluding hydrogens is 274 g/mol. The second-order valence-electron chi connectivity index (χ2n) is 5.31. The van der Waals surface area contributed by atoms with Gasteiger partial charge < -0.3 is 10.4 Å². The zero-order valence-corrected chi connectivity index (χ0v) is 13.3. The number of aliphatic carboxylic acids is 1. The zero-order valence-electron chi connectivity index (χ0n) is 12.5. The number of rotatable bonds is 5. The number of benzene rings is 1. The molecule has 0 aromatic heterocycles. The summed E-state index contributed by atoms with van der Waals surface area (Å²) in [5.74, 6) is -1.10. The number of amides is 1. The van der Waals surface area contributed by atoms with E-state index in [1.807, 2.05) is 32.0 Å². The van der Waals surface area contributed by atoms with Crippen molar-refractivity contribution in [3.05, 3.63) is 29.3 Å². The Morgan fingerprint density at radius 1 is 1.30 bits per heavy atom. The Morgan fingerprint density at radius 3 is 2.45 bits per heavy atom. The molecule has 1 atom stereocenters. The van der Waals surface area contributed by atoms with E-state index in [1.165, 1.54) is 0 Å². The maximum atomic E-state index is 12.2. The van der Waals surface area contributed by atoms with Crippen LogP contribution in [0.1, 0.15) is 31.9 Å². The Kier molecular flexibility index (Phi) is 5.22. The van der Waals surface area contributed by atoms with Crippen molar-refractivity contribution in [2.45, 2.75) is 44.6 Å². The highest BCUT2D eigenvalue weighted by atomic mass is 32.2. The van der Waals surface area contributed by atoms with E-state index < -0.39 is 16.0 Å². The van der Waals surface area contributed by atoms with Gasteiger partial charge in [0.15, 0.2) is 0 Å². The largest absolute Gasteiger partial charge is 0.480 e. The number of aryl methyl sites for hydroxylation is 1. The lowest BCUT2D eigenvalue weighted by Crippen LogP contribution is -2.33. The number of carbonyl (C=O) groups excluding carboxylic acids is 1. The van der Waals surface area contributed by atoms with E-state index in [9.17, 15) is 9.59 Å². The van der Waals surface area contributed by atoms with Crippen molar-refractivity contribution >= 4 is 29.3 Å². The van der Waals surface area contributed by atoms with E-state index in [0.29, 0.717) is 0 Å². The maximum Gasteiger partial charge on any atom is 0.319 e. The second kappa shape index (κ2) is 6.31. The molecule has 0 fully saturated rings. The van der Waals surface area contributed by atoms with E-state index in [0.717, 1.165) is 28.6 Å². The van der Waals surface area contributed by atoms with Crippen molar-refractivity contribution in [3.63, 3.8) is 0 Å². The first-order valence-electron chi connectivity index (χ1n) is 6.43. The number of carbonyl (C=O) groups is 2. The molecule has 1 rings (SSSR count). The Labute approximate surface area is 124 Å². The maximum absolute atomic E-state index is 12.2. The summed E-state index contributed by atoms with van der Waals surface area (Å²) in [7, 11) is 0. The van der Waals surface area contributed by atoms with Crippen LogP contribution in [0.15, 0.2) is 18.2 Å². The number of carboxylic acid groups (broad SMARTS) is 1. The molecular formula is C15H21NO3S. The van der Waals surface area contributed by atoms with Crippen LogP contribution in [-0.2, 0) is 9.59 Å². The van der Waals surface area contributed by atoms with E-state index in [1.54, 1.807) is 20.8 Å². The highest BCUT2D eigenvalue weighted by molar-refractivity contribution is 8.02. The van der Waals surface area contributed by atoms with Gasteiger partial charge in [0.25, 0.3) is 0 Å². The fourth-order valence-electron chi connectivity index (χ4n) is 1.67. The first-order chi connectivity index (χ1) is 9.15. The summed E-state index contributed by atoms with van der Waals surface area (Å²) in [5, 5.41) is 11.5. The third-order valence-corrected chi connectivity index (χ3v) is 4.55. The summed E-state index contributed by atoms with van der Waals surface area (Å²) >= 11 is 1.14. The van der Waals surface area contributed by atoms with Crippen molar-refractivity contribution in [2.75, 3.05) is 5.32 Å². The van der Waals surface area contributed by atoms with Gasteiger partial charge in [0.2, 0.25) is 5.91 Å². The van der Waals surface area contributed by atoms with Crippen LogP contribution in [-0.4, -0.2) is 27.0 Å². The Hall–Kier alpha value is -1.49. The minimum absolute atomic E-state index is 0.182. The standard InChI is InChI=1S/C15H21NO3S/c1-9-7-6-8-12(10(9)2)16-13(17)11(3)20-15(4,5)14(18)19/h6-8,11H,1-5H3,(H,16,17)(H,18,19). The molecule has 0 spiro atoms. The number of hydrogen-bond donors (Lipinski definition) is 2. The van der Waals surface area contributed by atoms with Gasteiger partial charge in [-0.1, -0.05) is 12.1 Å². The van der Waals surface area contributed by atoms with Gasteiger partial charge in [-0.2, -0.15) is 0 Å². The minimum atomic E-state index is -0.988. The fourth-order valence-corrected chi connectivity index (χ4v) is 2.82. The molecule has 4 nitrogen and oxygen atoms in total. The number of nitrogens with one attached hydrogen (secondary N) is 1. The van der Waals surface area contributed by atoms with Crippen molar-refractivity contribution in [3.8, 4) is 0 Å². The topological polar surface area (TPSA) is 66.4 Å². The molecule has 0 aliphatic rings. The van der Waals surface area contributed by atoms with Gasteiger partial charge in [0, 0.05) is 5.69 Å². The summed E-state index contributed by atoms with van der Waals surface area (Å²) in [4.78, 5) is 23.2. The molecule has 0 radical (unpaired) electrons. The Balaban J connectivity index is 2.76. The van der Waals surface area contributed by atoms with Gasteiger partial charge in [-0.05, 0) is 51.8 Å². The summed E-state index contributed by atoms with van der Waals surface area (Å²) in [6.07, 6.45) is 0. The first-order valence-corrected chi connectivity index (χ1v) is 7.31. The third-order valence-electron chi connectivity index (χ3n) is 3.22. The predicted molar refractivity (Wildman–Crippen MR) is 83.3 cm³/mol. The van der Waals surface area contributed by atoms with Crippen molar-refractivity contribution < 1.29 is 14.7 Å². The van der Waals surface area contributed by atoms with Crippen LogP contribution in [0.2, 0.25) is 0 Å². The second-order valence-corrected chi connectivity index (χ2v) is 7.28. The Morgan fingerprint density at radius 2 is 1.90 bits per heavy atom. The highest BCUT2D eigenvalue weighted by Gasteiger charge is 2.32. The van der Waals surface area contributed by atoms with Crippen LogP contribution < -0.4 is 5.32 Å². The van der Waals surface area contributed by atoms with E-state index in [2.05, 4.69) is 5.32 Å². The van der Waals surface area contributed by atoms with Gasteiger partial charge in [-0.25, -0.2) is 0 Å². The summed E-state index contributed by atoms with van der Waals surface area (Å²) in [6.45, 7) is 8.85. The molecule has 1 unspecified atom stereocenters. The first kappa shape index (κ1) is 16.6. The van der Waals surface area contributed by atoms with Gasteiger partial charge in [-0.15, -0.1) is 11.8 Å². The SMILES string of the molecule is Cc1cccc(NC(=O)C(C)SC(C)(C)C(=O)O)c1C. The molecule has 0 aliphatic carbocycles. The third kappa shape index (κ3) is 4.00. The van der Waals surface area contributed by atoms with Crippen LogP contribution in [0.25, 0.3) is 0 Å². The smallest absolute Gasteiger partial charge is 0.319 e. The average Bonchev–Trinajstić information content (AvgIpc) is 2.34. The molecule has 5 heteroatoms. The van der Waals surface area contributed by atoms with Crippen molar-refractivity contribution in [1.82, 2.24) is 0 Å². The molecule has 1 aromatic carbocycles. The average molecular weight is 295 g/mol.